The molecular weight excluding hydrogens is 503 g/mol. The Morgan fingerprint density at radius 1 is 1.06 bits per heavy atom. The number of amides is 1. The fraction of sp³-hybridized carbons (Fsp3) is 0.667. The second-order valence-corrected chi connectivity index (χ2v) is 8.52. The average molecular weight is 543 g/mol. The fourth-order valence-corrected chi connectivity index (χ4v) is 4.03. The van der Waals surface area contributed by atoms with E-state index in [1.165, 1.54) is 17.5 Å². The first-order chi connectivity index (χ1) is 14.7. The molecule has 1 saturated carbocycles. The van der Waals surface area contributed by atoms with E-state index in [4.69, 9.17) is 9.73 Å². The van der Waals surface area contributed by atoms with Crippen LogP contribution in [0.1, 0.15) is 62.7 Å². The van der Waals surface area contributed by atoms with Crippen molar-refractivity contribution in [2.24, 2.45) is 16.8 Å². The number of aryl methyl sites for hydroxylation is 1. The molecule has 0 aromatic heterocycles. The number of hydrogen-bond acceptors (Lipinski definition) is 3. The summed E-state index contributed by atoms with van der Waals surface area (Å²) in [5, 5.41) is 9.78. The van der Waals surface area contributed by atoms with Gasteiger partial charge in [-0.2, -0.15) is 0 Å². The van der Waals surface area contributed by atoms with Crippen LogP contribution in [0, 0.1) is 18.8 Å². The number of aliphatic imine (C=N–C) groups is 1. The smallest absolute Gasteiger partial charge is 0.223 e. The van der Waals surface area contributed by atoms with E-state index in [1.807, 2.05) is 0 Å². The van der Waals surface area contributed by atoms with E-state index >= 15 is 0 Å². The van der Waals surface area contributed by atoms with Gasteiger partial charge in [0.05, 0.1) is 6.10 Å². The molecule has 1 heterocycles. The van der Waals surface area contributed by atoms with Gasteiger partial charge in [0.25, 0.3) is 0 Å². The second-order valence-electron chi connectivity index (χ2n) is 8.52. The summed E-state index contributed by atoms with van der Waals surface area (Å²) in [7, 11) is 0. The normalized spacial score (nSPS) is 21.5. The van der Waals surface area contributed by atoms with E-state index < -0.39 is 0 Å². The number of rotatable bonds is 9. The summed E-state index contributed by atoms with van der Waals surface area (Å²) in [6, 6.07) is 8.68. The van der Waals surface area contributed by atoms with Crippen LogP contribution in [-0.2, 0) is 9.53 Å². The number of ether oxygens (including phenoxy) is 1. The summed E-state index contributed by atoms with van der Waals surface area (Å²) in [5.41, 5.74) is 2.52. The van der Waals surface area contributed by atoms with Crippen LogP contribution in [0.5, 0.6) is 0 Å². The van der Waals surface area contributed by atoms with E-state index in [-0.39, 0.29) is 41.9 Å². The molecule has 1 aromatic rings. The van der Waals surface area contributed by atoms with Crippen molar-refractivity contribution in [3.63, 3.8) is 0 Å². The lowest BCUT2D eigenvalue weighted by Gasteiger charge is -2.31. The monoisotopic (exact) mass is 542 g/mol. The van der Waals surface area contributed by atoms with Crippen LogP contribution in [0.15, 0.2) is 29.3 Å². The van der Waals surface area contributed by atoms with Gasteiger partial charge in [-0.25, -0.2) is 0 Å². The van der Waals surface area contributed by atoms with Gasteiger partial charge in [0.2, 0.25) is 5.91 Å². The number of carbonyl (C=O) groups is 1. The van der Waals surface area contributed by atoms with Crippen molar-refractivity contribution >= 4 is 35.8 Å². The zero-order valence-corrected chi connectivity index (χ0v) is 21.3. The Balaban J connectivity index is 0.00000341. The first kappa shape index (κ1) is 25.9. The zero-order chi connectivity index (χ0) is 21.2. The van der Waals surface area contributed by atoms with Gasteiger partial charge in [0.1, 0.15) is 0 Å². The van der Waals surface area contributed by atoms with E-state index in [1.54, 1.807) is 0 Å². The number of halogens is 1. The minimum absolute atomic E-state index is 0. The third kappa shape index (κ3) is 8.25. The molecule has 2 aliphatic rings. The molecule has 2 fully saturated rings. The molecule has 31 heavy (non-hydrogen) atoms. The number of hydrogen-bond donors (Lipinski definition) is 3. The van der Waals surface area contributed by atoms with Crippen molar-refractivity contribution in [2.45, 2.75) is 58.5 Å². The van der Waals surface area contributed by atoms with Gasteiger partial charge in [-0.05, 0) is 51.5 Å². The number of nitrogens with zero attached hydrogens (tertiary/aromatic N) is 1. The number of carbonyl (C=O) groups excluding carboxylic acids is 1. The second kappa shape index (κ2) is 13.9. The number of benzene rings is 1. The first-order valence-electron chi connectivity index (χ1n) is 11.7. The Morgan fingerprint density at radius 3 is 2.48 bits per heavy atom. The maximum Gasteiger partial charge on any atom is 0.223 e. The highest BCUT2D eigenvalue weighted by atomic mass is 127. The molecule has 1 aliphatic heterocycles. The van der Waals surface area contributed by atoms with Crippen LogP contribution < -0.4 is 16.0 Å². The molecule has 7 heteroatoms. The highest BCUT2D eigenvalue weighted by Gasteiger charge is 2.27. The molecule has 0 radical (unpaired) electrons. The Morgan fingerprint density at radius 2 is 1.81 bits per heavy atom. The summed E-state index contributed by atoms with van der Waals surface area (Å²) in [6.45, 7) is 8.09. The highest BCUT2D eigenvalue weighted by Crippen LogP contribution is 2.34. The lowest BCUT2D eigenvalue weighted by Crippen LogP contribution is -2.40. The van der Waals surface area contributed by atoms with E-state index in [0.29, 0.717) is 12.5 Å². The topological polar surface area (TPSA) is 74.8 Å². The zero-order valence-electron chi connectivity index (χ0n) is 19.0. The number of nitrogens with one attached hydrogen (secondary N) is 3. The fourth-order valence-electron chi connectivity index (χ4n) is 4.03. The van der Waals surface area contributed by atoms with Gasteiger partial charge in [0, 0.05) is 44.6 Å². The van der Waals surface area contributed by atoms with Crippen LogP contribution in [-0.4, -0.2) is 44.7 Å². The maximum atomic E-state index is 11.9. The van der Waals surface area contributed by atoms with Gasteiger partial charge in [-0.3, -0.25) is 9.79 Å². The number of guanidine groups is 1. The third-order valence-electron chi connectivity index (χ3n) is 6.10. The van der Waals surface area contributed by atoms with Crippen LogP contribution in [0.2, 0.25) is 0 Å². The summed E-state index contributed by atoms with van der Waals surface area (Å²) in [4.78, 5) is 16.7. The van der Waals surface area contributed by atoms with Crippen molar-refractivity contribution < 1.29 is 9.53 Å². The molecule has 6 nitrogen and oxygen atoms in total. The largest absolute Gasteiger partial charge is 0.373 e. The van der Waals surface area contributed by atoms with Crippen molar-refractivity contribution in [1.82, 2.24) is 16.0 Å². The highest BCUT2D eigenvalue weighted by molar-refractivity contribution is 14.0. The molecule has 3 N–H and O–H groups in total. The van der Waals surface area contributed by atoms with Crippen molar-refractivity contribution in [3.8, 4) is 0 Å². The van der Waals surface area contributed by atoms with Crippen molar-refractivity contribution in [2.75, 3.05) is 32.8 Å². The van der Waals surface area contributed by atoms with Gasteiger partial charge < -0.3 is 20.7 Å². The molecule has 2 unspecified atom stereocenters. The molecule has 1 aliphatic carbocycles. The molecule has 0 bridgehead atoms. The molecule has 1 saturated heterocycles. The summed E-state index contributed by atoms with van der Waals surface area (Å²) < 4.78 is 6.13. The Kier molecular flexibility index (Phi) is 11.6. The lowest BCUT2D eigenvalue weighted by molar-refractivity contribution is -0.127. The Labute approximate surface area is 204 Å². The minimum Gasteiger partial charge on any atom is -0.373 e. The van der Waals surface area contributed by atoms with Crippen molar-refractivity contribution in [1.29, 1.82) is 0 Å². The van der Waals surface area contributed by atoms with Gasteiger partial charge in [-0.15, -0.1) is 24.0 Å². The Bertz CT molecular complexity index is 691. The maximum absolute atomic E-state index is 11.9. The van der Waals surface area contributed by atoms with Gasteiger partial charge in [0.15, 0.2) is 5.96 Å². The van der Waals surface area contributed by atoms with E-state index in [0.717, 1.165) is 64.3 Å². The van der Waals surface area contributed by atoms with Gasteiger partial charge in [-0.1, -0.05) is 36.2 Å². The lowest BCUT2D eigenvalue weighted by atomic mass is 9.85. The minimum atomic E-state index is 0. The quantitative estimate of drug-likeness (QED) is 0.191. The van der Waals surface area contributed by atoms with E-state index in [9.17, 15) is 4.79 Å². The van der Waals surface area contributed by atoms with Crippen LogP contribution >= 0.6 is 24.0 Å². The predicted octanol–water partition coefficient (Wildman–Crippen LogP) is 3.94. The standard InChI is InChI=1S/C24H38N4O2.HI/c1-3-25-24(27-15-6-14-26-23(29)20-7-4-8-20)28-17-21-9-5-16-30-22(21)19-12-10-18(2)11-13-19;/h10-13,20-22H,3-9,14-17H2,1-2H3,(H,26,29)(H2,25,27,28);1H. The van der Waals surface area contributed by atoms with E-state index in [2.05, 4.69) is 54.1 Å². The molecule has 174 valence electrons. The average Bonchev–Trinajstić information content (AvgIpc) is 2.71. The summed E-state index contributed by atoms with van der Waals surface area (Å²) in [6.07, 6.45) is 6.53. The summed E-state index contributed by atoms with van der Waals surface area (Å²) >= 11 is 0. The molecule has 1 aromatic carbocycles. The predicted molar refractivity (Wildman–Crippen MR) is 137 cm³/mol. The third-order valence-corrected chi connectivity index (χ3v) is 6.10. The van der Waals surface area contributed by atoms with Gasteiger partial charge >= 0.3 is 0 Å². The van der Waals surface area contributed by atoms with Crippen LogP contribution in [0.3, 0.4) is 0 Å². The van der Waals surface area contributed by atoms with Crippen LogP contribution in [0.4, 0.5) is 0 Å². The molecule has 2 atom stereocenters. The van der Waals surface area contributed by atoms with Crippen LogP contribution in [0.25, 0.3) is 0 Å². The SMILES string of the molecule is CCNC(=NCC1CCCOC1c1ccc(C)cc1)NCCCNC(=O)C1CCC1.I. The summed E-state index contributed by atoms with van der Waals surface area (Å²) in [5.74, 6) is 1.71. The Hall–Kier alpha value is -1.35. The first-order valence-corrected chi connectivity index (χ1v) is 11.7. The molecule has 3 rings (SSSR count). The van der Waals surface area contributed by atoms with Crippen molar-refractivity contribution in [3.05, 3.63) is 35.4 Å². The molecule has 0 spiro atoms. The molecule has 1 amide bonds. The molecular formula is C24H39IN4O2.